The molecule has 1 aliphatic heterocycles. The van der Waals surface area contributed by atoms with E-state index in [0.29, 0.717) is 24.9 Å². The number of thioether (sulfide) groups is 2. The molecular formula is C17H29N3O4S2. The SMILES string of the molecule is CC(C)OCCN(C(=O)NC1=NCC(SCC(=O)O)S1)C1CCCCC1. The minimum absolute atomic E-state index is 0.0498. The van der Waals surface area contributed by atoms with Crippen LogP contribution in [0.2, 0.25) is 0 Å². The summed E-state index contributed by atoms with van der Waals surface area (Å²) >= 11 is 2.77. The van der Waals surface area contributed by atoms with Crippen LogP contribution in [-0.2, 0) is 9.53 Å². The number of ether oxygens (including phenoxy) is 1. The number of aliphatic carboxylic acids is 1. The number of carboxylic acid groups (broad SMARTS) is 1. The lowest BCUT2D eigenvalue weighted by Crippen LogP contribution is -2.49. The number of carbonyl (C=O) groups excluding carboxylic acids is 1. The van der Waals surface area contributed by atoms with E-state index in [9.17, 15) is 9.59 Å². The van der Waals surface area contributed by atoms with Gasteiger partial charge in [0.2, 0.25) is 0 Å². The summed E-state index contributed by atoms with van der Waals surface area (Å²) in [6, 6.07) is 0.128. The first-order chi connectivity index (χ1) is 12.5. The lowest BCUT2D eigenvalue weighted by molar-refractivity contribution is -0.133. The van der Waals surface area contributed by atoms with Crippen LogP contribution in [0.25, 0.3) is 0 Å². The molecule has 0 aromatic heterocycles. The average Bonchev–Trinajstić information content (AvgIpc) is 3.04. The summed E-state index contributed by atoms with van der Waals surface area (Å²) in [4.78, 5) is 29.7. The van der Waals surface area contributed by atoms with Gasteiger partial charge in [0.25, 0.3) is 0 Å². The van der Waals surface area contributed by atoms with Crippen LogP contribution in [-0.4, -0.2) is 69.4 Å². The first-order valence-corrected chi connectivity index (χ1v) is 11.1. The van der Waals surface area contributed by atoms with Crippen LogP contribution in [0.15, 0.2) is 4.99 Å². The Bertz CT molecular complexity index is 510. The molecule has 1 heterocycles. The Balaban J connectivity index is 1.85. The lowest BCUT2D eigenvalue weighted by Gasteiger charge is -2.34. The number of hydrogen-bond acceptors (Lipinski definition) is 6. The van der Waals surface area contributed by atoms with Gasteiger partial charge in [-0.05, 0) is 26.7 Å². The predicted octanol–water partition coefficient (Wildman–Crippen LogP) is 3.00. The highest BCUT2D eigenvalue weighted by Crippen LogP contribution is 2.30. The van der Waals surface area contributed by atoms with Gasteiger partial charge in [-0.2, -0.15) is 0 Å². The molecule has 2 N–H and O–H groups in total. The molecule has 7 nitrogen and oxygen atoms in total. The van der Waals surface area contributed by atoms with Crippen LogP contribution in [0.1, 0.15) is 46.0 Å². The van der Waals surface area contributed by atoms with E-state index in [4.69, 9.17) is 9.84 Å². The second-order valence-corrected chi connectivity index (χ2v) is 9.41. The minimum Gasteiger partial charge on any atom is -0.481 e. The minimum atomic E-state index is -0.832. The van der Waals surface area contributed by atoms with E-state index in [0.717, 1.165) is 25.7 Å². The second kappa shape index (κ2) is 11.0. The van der Waals surface area contributed by atoms with E-state index in [1.54, 1.807) is 0 Å². The topological polar surface area (TPSA) is 91.2 Å². The van der Waals surface area contributed by atoms with E-state index in [1.165, 1.54) is 29.9 Å². The summed E-state index contributed by atoms with van der Waals surface area (Å²) in [5, 5.41) is 12.3. The van der Waals surface area contributed by atoms with Gasteiger partial charge in [-0.1, -0.05) is 31.0 Å². The summed E-state index contributed by atoms with van der Waals surface area (Å²) in [6.45, 7) is 5.61. The summed E-state index contributed by atoms with van der Waals surface area (Å²) < 4.78 is 5.69. The van der Waals surface area contributed by atoms with Crippen molar-refractivity contribution in [3.63, 3.8) is 0 Å². The molecular weight excluding hydrogens is 374 g/mol. The maximum Gasteiger partial charge on any atom is 0.323 e. The van der Waals surface area contributed by atoms with E-state index in [-0.39, 0.29) is 28.5 Å². The van der Waals surface area contributed by atoms with Crippen LogP contribution in [0.3, 0.4) is 0 Å². The van der Waals surface area contributed by atoms with Gasteiger partial charge < -0.3 is 14.7 Å². The van der Waals surface area contributed by atoms with Crippen molar-refractivity contribution in [1.82, 2.24) is 10.2 Å². The fourth-order valence-corrected chi connectivity index (χ4v) is 5.02. The number of carboxylic acids is 1. The Morgan fingerprint density at radius 1 is 1.38 bits per heavy atom. The molecule has 1 fully saturated rings. The Morgan fingerprint density at radius 3 is 2.77 bits per heavy atom. The number of rotatable bonds is 8. The standard InChI is InChI=1S/C17H29N3O4S2/c1-12(2)24-9-8-20(13-6-4-3-5-7-13)17(23)19-16-18-10-15(26-16)25-11-14(21)22/h12-13,15H,3-11H2,1-2H3,(H,21,22)(H,18,19,23). The van der Waals surface area contributed by atoms with Crippen molar-refractivity contribution in [3.8, 4) is 0 Å². The summed E-state index contributed by atoms with van der Waals surface area (Å²) in [7, 11) is 0. The molecule has 9 heteroatoms. The van der Waals surface area contributed by atoms with Crippen molar-refractivity contribution in [2.75, 3.05) is 25.4 Å². The molecule has 2 aliphatic rings. The molecule has 1 unspecified atom stereocenters. The Labute approximate surface area is 163 Å². The number of hydrogen-bond donors (Lipinski definition) is 2. The summed E-state index contributed by atoms with van der Waals surface area (Å²) in [5.74, 6) is -0.781. The van der Waals surface area contributed by atoms with E-state index in [1.807, 2.05) is 18.7 Å². The molecule has 2 amide bonds. The smallest absolute Gasteiger partial charge is 0.323 e. The zero-order valence-corrected chi connectivity index (χ0v) is 17.1. The molecule has 1 aliphatic carbocycles. The van der Waals surface area contributed by atoms with E-state index >= 15 is 0 Å². The molecule has 0 bridgehead atoms. The average molecular weight is 404 g/mol. The third-order valence-electron chi connectivity index (χ3n) is 4.29. The van der Waals surface area contributed by atoms with Gasteiger partial charge in [0.1, 0.15) is 0 Å². The van der Waals surface area contributed by atoms with E-state index < -0.39 is 5.97 Å². The lowest BCUT2D eigenvalue weighted by atomic mass is 9.94. The van der Waals surface area contributed by atoms with Crippen molar-refractivity contribution in [1.29, 1.82) is 0 Å². The zero-order chi connectivity index (χ0) is 18.9. The number of aliphatic imine (C=N–C) groups is 1. The number of amides is 2. The summed E-state index contributed by atoms with van der Waals surface area (Å²) in [5.41, 5.74) is 0. The maximum absolute atomic E-state index is 12.8. The van der Waals surface area contributed by atoms with Gasteiger partial charge in [-0.15, -0.1) is 11.8 Å². The van der Waals surface area contributed by atoms with Crippen LogP contribution < -0.4 is 5.32 Å². The highest BCUT2D eigenvalue weighted by Gasteiger charge is 2.28. The normalized spacial score (nSPS) is 20.9. The molecule has 148 valence electrons. The highest BCUT2D eigenvalue weighted by atomic mass is 32.2. The van der Waals surface area contributed by atoms with Gasteiger partial charge in [0, 0.05) is 12.6 Å². The van der Waals surface area contributed by atoms with Crippen LogP contribution >= 0.6 is 23.5 Å². The molecule has 0 aromatic rings. The largest absolute Gasteiger partial charge is 0.481 e. The Hall–Kier alpha value is -0.930. The number of amidine groups is 1. The molecule has 1 atom stereocenters. The van der Waals surface area contributed by atoms with Crippen molar-refractivity contribution in [2.45, 2.75) is 62.7 Å². The first-order valence-electron chi connectivity index (χ1n) is 9.19. The van der Waals surface area contributed by atoms with Crippen molar-refractivity contribution in [2.24, 2.45) is 4.99 Å². The molecule has 1 saturated carbocycles. The van der Waals surface area contributed by atoms with Gasteiger partial charge in [-0.25, -0.2) is 4.79 Å². The van der Waals surface area contributed by atoms with Gasteiger partial charge in [-0.3, -0.25) is 15.1 Å². The molecule has 26 heavy (non-hydrogen) atoms. The monoisotopic (exact) mass is 403 g/mol. The first kappa shape index (κ1) is 21.4. The molecule has 0 saturated heterocycles. The molecule has 0 radical (unpaired) electrons. The van der Waals surface area contributed by atoms with Crippen molar-refractivity contribution in [3.05, 3.63) is 0 Å². The third kappa shape index (κ3) is 7.36. The summed E-state index contributed by atoms with van der Waals surface area (Å²) in [6.07, 6.45) is 5.76. The highest BCUT2D eigenvalue weighted by molar-refractivity contribution is 8.25. The van der Waals surface area contributed by atoms with Crippen LogP contribution in [0, 0.1) is 0 Å². The van der Waals surface area contributed by atoms with Gasteiger partial charge in [0.05, 0.1) is 29.6 Å². The zero-order valence-electron chi connectivity index (χ0n) is 15.5. The number of nitrogens with zero attached hydrogens (tertiary/aromatic N) is 2. The number of urea groups is 1. The third-order valence-corrected chi connectivity index (χ3v) is 6.79. The second-order valence-electron chi connectivity index (χ2n) is 6.73. The number of nitrogens with one attached hydrogen (secondary N) is 1. The van der Waals surface area contributed by atoms with Crippen molar-refractivity contribution >= 4 is 40.7 Å². The maximum atomic E-state index is 12.8. The Kier molecular flexibility index (Phi) is 9.07. The Morgan fingerprint density at radius 2 is 2.12 bits per heavy atom. The van der Waals surface area contributed by atoms with E-state index in [2.05, 4.69) is 10.3 Å². The molecule has 0 aromatic carbocycles. The predicted molar refractivity (Wildman–Crippen MR) is 107 cm³/mol. The van der Waals surface area contributed by atoms with Crippen LogP contribution in [0.5, 0.6) is 0 Å². The van der Waals surface area contributed by atoms with Gasteiger partial charge in [0.15, 0.2) is 5.17 Å². The molecule has 2 rings (SSSR count). The molecule has 0 spiro atoms. The number of carbonyl (C=O) groups is 2. The van der Waals surface area contributed by atoms with Crippen LogP contribution in [0.4, 0.5) is 4.79 Å². The fraction of sp³-hybridized carbons (Fsp3) is 0.824. The quantitative estimate of drug-likeness (QED) is 0.647. The van der Waals surface area contributed by atoms with Gasteiger partial charge >= 0.3 is 12.0 Å². The fourth-order valence-electron chi connectivity index (χ4n) is 3.07. The van der Waals surface area contributed by atoms with Crippen molar-refractivity contribution < 1.29 is 19.4 Å².